The maximum absolute atomic E-state index is 12.4. The van der Waals surface area contributed by atoms with Gasteiger partial charge >= 0.3 is 0 Å². The van der Waals surface area contributed by atoms with Gasteiger partial charge in [0.15, 0.2) is 35.4 Å². The Hall–Kier alpha value is -3.48. The number of nitrogens with one attached hydrogen (secondary N) is 1. The molecule has 0 bridgehead atoms. The van der Waals surface area contributed by atoms with Gasteiger partial charge in [0, 0.05) is 12.1 Å². The van der Waals surface area contributed by atoms with E-state index in [2.05, 4.69) is 5.32 Å². The Morgan fingerprint density at radius 3 is 2.71 bits per heavy atom. The predicted octanol–water partition coefficient (Wildman–Crippen LogP) is 2.83. The van der Waals surface area contributed by atoms with E-state index in [1.165, 1.54) is 13.2 Å². The Morgan fingerprint density at radius 2 is 1.93 bits per heavy atom. The van der Waals surface area contributed by atoms with Gasteiger partial charge in [-0.05, 0) is 48.9 Å². The number of hydrogen-bond donors (Lipinski definition) is 1. The predicted molar refractivity (Wildman–Crippen MR) is 103 cm³/mol. The van der Waals surface area contributed by atoms with E-state index in [4.69, 9.17) is 18.9 Å². The number of hydrogen-bond acceptors (Lipinski definition) is 6. The smallest absolute Gasteiger partial charge is 0.257 e. The van der Waals surface area contributed by atoms with E-state index in [1.54, 1.807) is 42.5 Å². The zero-order valence-electron chi connectivity index (χ0n) is 15.7. The molecule has 7 heteroatoms. The summed E-state index contributed by atoms with van der Waals surface area (Å²) >= 11 is 0. The number of fused-ring (bicyclic) bond motifs is 1. The second-order valence-electron chi connectivity index (χ2n) is 5.92. The number of carbonyl (C=O) groups excluding carboxylic acids is 2. The first-order valence-corrected chi connectivity index (χ1v) is 8.80. The van der Waals surface area contributed by atoms with Crippen LogP contribution in [-0.4, -0.2) is 38.7 Å². The summed E-state index contributed by atoms with van der Waals surface area (Å²) in [5.74, 6) is 1.76. The van der Waals surface area contributed by atoms with Gasteiger partial charge in [0.1, 0.15) is 0 Å². The highest BCUT2D eigenvalue weighted by molar-refractivity contribution is 6.07. The van der Waals surface area contributed by atoms with Crippen LogP contribution in [0.15, 0.2) is 42.5 Å². The highest BCUT2D eigenvalue weighted by Crippen LogP contribution is 2.33. The van der Waals surface area contributed by atoms with Crippen LogP contribution in [0.3, 0.4) is 0 Å². The van der Waals surface area contributed by atoms with E-state index in [0.717, 1.165) is 5.56 Å². The van der Waals surface area contributed by atoms with E-state index in [0.29, 0.717) is 35.1 Å². The molecule has 0 atom stereocenters. The summed E-state index contributed by atoms with van der Waals surface area (Å²) in [5.41, 5.74) is 1.27. The zero-order valence-corrected chi connectivity index (χ0v) is 15.7. The largest absolute Gasteiger partial charge is 0.493 e. The molecule has 1 aliphatic rings. The SMILES string of the molecule is CCNC(=O)COc1ccc(/C=C/C(=O)c2ccc3c(c2)OCO3)cc1OC. The summed E-state index contributed by atoms with van der Waals surface area (Å²) < 4.78 is 21.3. The molecular weight excluding hydrogens is 362 g/mol. The molecule has 0 radical (unpaired) electrons. The summed E-state index contributed by atoms with van der Waals surface area (Å²) in [6.45, 7) is 2.45. The average molecular weight is 383 g/mol. The summed E-state index contributed by atoms with van der Waals surface area (Å²) in [6, 6.07) is 10.3. The van der Waals surface area contributed by atoms with Gasteiger partial charge in [0.2, 0.25) is 6.79 Å². The van der Waals surface area contributed by atoms with Crippen LogP contribution in [0.2, 0.25) is 0 Å². The van der Waals surface area contributed by atoms with Gasteiger partial charge in [-0.2, -0.15) is 0 Å². The Kier molecular flexibility index (Phi) is 6.16. The Labute approximate surface area is 162 Å². The Bertz CT molecular complexity index is 906. The van der Waals surface area contributed by atoms with Crippen molar-refractivity contribution in [1.82, 2.24) is 5.32 Å². The van der Waals surface area contributed by atoms with Crippen LogP contribution in [0.4, 0.5) is 0 Å². The molecule has 1 heterocycles. The van der Waals surface area contributed by atoms with Gasteiger partial charge in [-0.25, -0.2) is 0 Å². The lowest BCUT2D eigenvalue weighted by molar-refractivity contribution is -0.123. The first-order chi connectivity index (χ1) is 13.6. The van der Waals surface area contributed by atoms with Crippen molar-refractivity contribution in [2.45, 2.75) is 6.92 Å². The number of allylic oxidation sites excluding steroid dienone is 1. The molecule has 0 spiro atoms. The van der Waals surface area contributed by atoms with E-state index >= 15 is 0 Å². The zero-order chi connectivity index (χ0) is 19.9. The van der Waals surface area contributed by atoms with Crippen molar-refractivity contribution in [2.75, 3.05) is 27.1 Å². The van der Waals surface area contributed by atoms with Crippen LogP contribution in [-0.2, 0) is 4.79 Å². The van der Waals surface area contributed by atoms with Crippen LogP contribution < -0.4 is 24.3 Å². The summed E-state index contributed by atoms with van der Waals surface area (Å²) in [4.78, 5) is 23.9. The molecule has 0 saturated heterocycles. The number of carbonyl (C=O) groups is 2. The molecule has 1 aliphatic heterocycles. The van der Waals surface area contributed by atoms with Crippen LogP contribution in [0.1, 0.15) is 22.8 Å². The third-order valence-electron chi connectivity index (χ3n) is 4.00. The minimum Gasteiger partial charge on any atom is -0.493 e. The molecule has 0 aliphatic carbocycles. The van der Waals surface area contributed by atoms with Gasteiger partial charge in [0.05, 0.1) is 7.11 Å². The van der Waals surface area contributed by atoms with E-state index in [9.17, 15) is 9.59 Å². The number of benzene rings is 2. The molecule has 7 nitrogen and oxygen atoms in total. The molecular formula is C21H21NO6. The first kappa shape index (κ1) is 19.3. The summed E-state index contributed by atoms with van der Waals surface area (Å²) in [5, 5.41) is 2.66. The van der Waals surface area contributed by atoms with Crippen LogP contribution in [0.5, 0.6) is 23.0 Å². The van der Waals surface area contributed by atoms with Crippen molar-refractivity contribution < 1.29 is 28.5 Å². The molecule has 0 saturated carbocycles. The van der Waals surface area contributed by atoms with E-state index in [1.807, 2.05) is 6.92 Å². The van der Waals surface area contributed by atoms with Gasteiger partial charge < -0.3 is 24.3 Å². The van der Waals surface area contributed by atoms with Crippen LogP contribution in [0.25, 0.3) is 6.08 Å². The second kappa shape index (κ2) is 8.94. The number of likely N-dealkylation sites (N-methyl/N-ethyl adjacent to an activating group) is 1. The normalized spacial score (nSPS) is 12.1. The standard InChI is InChI=1S/C21H21NO6/c1-3-22-21(24)12-26-17-8-5-14(10-19(17)25-2)4-7-16(23)15-6-9-18-20(11-15)28-13-27-18/h4-11H,3,12-13H2,1-2H3,(H,22,24)/b7-4+. The maximum atomic E-state index is 12.4. The lowest BCUT2D eigenvalue weighted by Crippen LogP contribution is -2.28. The number of methoxy groups -OCH3 is 1. The fourth-order valence-corrected chi connectivity index (χ4v) is 2.62. The number of ether oxygens (including phenoxy) is 4. The van der Waals surface area contributed by atoms with Crippen molar-refractivity contribution in [2.24, 2.45) is 0 Å². The lowest BCUT2D eigenvalue weighted by atomic mass is 10.1. The van der Waals surface area contributed by atoms with Crippen LogP contribution >= 0.6 is 0 Å². The molecule has 0 aromatic heterocycles. The van der Waals surface area contributed by atoms with Gasteiger partial charge in [-0.1, -0.05) is 12.1 Å². The molecule has 3 rings (SSSR count). The Morgan fingerprint density at radius 1 is 1.11 bits per heavy atom. The molecule has 2 aromatic rings. The summed E-state index contributed by atoms with van der Waals surface area (Å²) in [6.07, 6.45) is 3.16. The first-order valence-electron chi connectivity index (χ1n) is 8.80. The molecule has 1 amide bonds. The fourth-order valence-electron chi connectivity index (χ4n) is 2.62. The molecule has 2 aromatic carbocycles. The monoisotopic (exact) mass is 383 g/mol. The molecule has 0 unspecified atom stereocenters. The average Bonchev–Trinajstić information content (AvgIpc) is 3.18. The van der Waals surface area contributed by atoms with Crippen molar-refractivity contribution in [3.05, 3.63) is 53.6 Å². The molecule has 28 heavy (non-hydrogen) atoms. The van der Waals surface area contributed by atoms with Gasteiger partial charge in [-0.3, -0.25) is 9.59 Å². The summed E-state index contributed by atoms with van der Waals surface area (Å²) in [7, 11) is 1.51. The molecule has 146 valence electrons. The Balaban J connectivity index is 1.68. The number of amides is 1. The van der Waals surface area contributed by atoms with E-state index in [-0.39, 0.29) is 25.1 Å². The highest BCUT2D eigenvalue weighted by Gasteiger charge is 2.15. The quantitative estimate of drug-likeness (QED) is 0.558. The van der Waals surface area contributed by atoms with Crippen LogP contribution in [0, 0.1) is 0 Å². The third-order valence-corrected chi connectivity index (χ3v) is 4.00. The van der Waals surface area contributed by atoms with E-state index < -0.39 is 0 Å². The van der Waals surface area contributed by atoms with Gasteiger partial charge in [-0.15, -0.1) is 0 Å². The van der Waals surface area contributed by atoms with Crippen molar-refractivity contribution in [3.63, 3.8) is 0 Å². The number of rotatable bonds is 8. The minimum absolute atomic E-state index is 0.0953. The maximum Gasteiger partial charge on any atom is 0.257 e. The minimum atomic E-state index is -0.206. The van der Waals surface area contributed by atoms with Crippen molar-refractivity contribution >= 4 is 17.8 Å². The molecule has 1 N–H and O–H groups in total. The fraction of sp³-hybridized carbons (Fsp3) is 0.238. The molecule has 0 fully saturated rings. The lowest BCUT2D eigenvalue weighted by Gasteiger charge is -2.11. The van der Waals surface area contributed by atoms with Crippen molar-refractivity contribution in [3.8, 4) is 23.0 Å². The third kappa shape index (κ3) is 4.62. The van der Waals surface area contributed by atoms with Gasteiger partial charge in [0.25, 0.3) is 5.91 Å². The second-order valence-corrected chi connectivity index (χ2v) is 5.92. The number of ketones is 1. The topological polar surface area (TPSA) is 83.1 Å². The van der Waals surface area contributed by atoms with Crippen molar-refractivity contribution in [1.29, 1.82) is 0 Å². The highest BCUT2D eigenvalue weighted by atomic mass is 16.7.